The number of benzene rings is 2. The fraction of sp³-hybridized carbons (Fsp3) is 0.125. The average Bonchev–Trinajstić information content (AvgIpc) is 2.52. The predicted molar refractivity (Wildman–Crippen MR) is 84.0 cm³/mol. The molecule has 21 heavy (non-hydrogen) atoms. The van der Waals surface area contributed by atoms with Crippen molar-refractivity contribution in [3.05, 3.63) is 69.8 Å². The third kappa shape index (κ3) is 4.15. The number of aliphatic hydroxyl groups excluding tert-OH is 1. The number of para-hydroxylation sites is 1. The van der Waals surface area contributed by atoms with Crippen LogP contribution in [0.3, 0.4) is 0 Å². The Kier molecular flexibility index (Phi) is 5.06. The Balaban J connectivity index is 2.15. The van der Waals surface area contributed by atoms with Crippen molar-refractivity contribution in [3.8, 4) is 0 Å². The molecule has 2 aromatic carbocycles. The van der Waals surface area contributed by atoms with Gasteiger partial charge in [0.15, 0.2) is 0 Å². The number of rotatable bonds is 6. The van der Waals surface area contributed by atoms with Crippen molar-refractivity contribution in [2.75, 3.05) is 18.5 Å². The third-order valence-corrected chi connectivity index (χ3v) is 2.95. The lowest BCUT2D eigenvalue weighted by Crippen LogP contribution is -2.06. The topological polar surface area (TPSA) is 75.4 Å². The van der Waals surface area contributed by atoms with Gasteiger partial charge in [0.05, 0.1) is 11.5 Å². The molecule has 0 aliphatic heterocycles. The number of nitro groups is 1. The molecule has 5 heteroatoms. The van der Waals surface area contributed by atoms with Crippen molar-refractivity contribution in [1.82, 2.24) is 0 Å². The summed E-state index contributed by atoms with van der Waals surface area (Å²) in [7, 11) is 0. The first-order chi connectivity index (χ1) is 10.2. The van der Waals surface area contributed by atoms with Crippen LogP contribution >= 0.6 is 0 Å². The van der Waals surface area contributed by atoms with Gasteiger partial charge in [0.1, 0.15) is 0 Å². The monoisotopic (exact) mass is 284 g/mol. The van der Waals surface area contributed by atoms with Gasteiger partial charge in [-0.1, -0.05) is 30.4 Å². The Hall–Kier alpha value is -2.66. The molecular formula is C16H16N2O3. The highest BCUT2D eigenvalue weighted by atomic mass is 16.6. The van der Waals surface area contributed by atoms with E-state index in [0.717, 1.165) is 16.8 Å². The molecule has 0 aromatic heterocycles. The van der Waals surface area contributed by atoms with Gasteiger partial charge >= 0.3 is 0 Å². The van der Waals surface area contributed by atoms with Crippen molar-refractivity contribution in [3.63, 3.8) is 0 Å². The van der Waals surface area contributed by atoms with Crippen molar-refractivity contribution < 1.29 is 10.0 Å². The maximum absolute atomic E-state index is 10.6. The van der Waals surface area contributed by atoms with Gasteiger partial charge in [0, 0.05) is 24.4 Å². The van der Waals surface area contributed by atoms with Gasteiger partial charge < -0.3 is 10.4 Å². The van der Waals surface area contributed by atoms with Gasteiger partial charge in [-0.2, -0.15) is 0 Å². The molecular weight excluding hydrogens is 268 g/mol. The second-order valence-electron chi connectivity index (χ2n) is 4.42. The van der Waals surface area contributed by atoms with Crippen molar-refractivity contribution in [1.29, 1.82) is 0 Å². The van der Waals surface area contributed by atoms with Crippen LogP contribution in [0.1, 0.15) is 11.1 Å². The van der Waals surface area contributed by atoms with Crippen molar-refractivity contribution >= 4 is 23.5 Å². The van der Waals surface area contributed by atoms with Gasteiger partial charge in [-0.25, -0.2) is 0 Å². The van der Waals surface area contributed by atoms with Crippen LogP contribution < -0.4 is 5.32 Å². The molecule has 0 fully saturated rings. The van der Waals surface area contributed by atoms with Gasteiger partial charge in [-0.05, 0) is 29.3 Å². The van der Waals surface area contributed by atoms with E-state index in [2.05, 4.69) is 5.32 Å². The normalized spacial score (nSPS) is 10.7. The van der Waals surface area contributed by atoms with Crippen LogP contribution in [0.5, 0.6) is 0 Å². The number of anilines is 1. The number of non-ortho nitro benzene ring substituents is 1. The number of hydrogen-bond donors (Lipinski definition) is 2. The number of hydrogen-bond acceptors (Lipinski definition) is 4. The van der Waals surface area contributed by atoms with Gasteiger partial charge in [0.25, 0.3) is 5.69 Å². The Morgan fingerprint density at radius 1 is 1.10 bits per heavy atom. The summed E-state index contributed by atoms with van der Waals surface area (Å²) in [6.07, 6.45) is 3.82. The summed E-state index contributed by atoms with van der Waals surface area (Å²) in [4.78, 5) is 10.2. The van der Waals surface area contributed by atoms with E-state index >= 15 is 0 Å². The largest absolute Gasteiger partial charge is 0.395 e. The van der Waals surface area contributed by atoms with E-state index in [9.17, 15) is 10.1 Å². The van der Waals surface area contributed by atoms with Crippen LogP contribution in [0.15, 0.2) is 48.5 Å². The van der Waals surface area contributed by atoms with E-state index in [0.29, 0.717) is 6.54 Å². The number of nitro benzene ring substituents is 1. The molecule has 108 valence electrons. The summed E-state index contributed by atoms with van der Waals surface area (Å²) in [5.41, 5.74) is 2.89. The third-order valence-electron chi connectivity index (χ3n) is 2.95. The highest BCUT2D eigenvalue weighted by molar-refractivity contribution is 5.76. The van der Waals surface area contributed by atoms with E-state index in [-0.39, 0.29) is 12.3 Å². The van der Waals surface area contributed by atoms with Crippen LogP contribution in [0, 0.1) is 10.1 Å². The van der Waals surface area contributed by atoms with Gasteiger partial charge in [0.2, 0.25) is 0 Å². The lowest BCUT2D eigenvalue weighted by atomic mass is 10.1. The maximum atomic E-state index is 10.6. The highest BCUT2D eigenvalue weighted by Gasteiger charge is 2.02. The molecule has 2 N–H and O–H groups in total. The van der Waals surface area contributed by atoms with Crippen LogP contribution in [0.2, 0.25) is 0 Å². The van der Waals surface area contributed by atoms with E-state index in [1.807, 2.05) is 36.4 Å². The minimum Gasteiger partial charge on any atom is -0.395 e. The van der Waals surface area contributed by atoms with Crippen molar-refractivity contribution in [2.45, 2.75) is 0 Å². The van der Waals surface area contributed by atoms with Crippen LogP contribution in [0.4, 0.5) is 11.4 Å². The number of nitrogens with one attached hydrogen (secondary N) is 1. The number of aliphatic hydroxyl groups is 1. The minimum atomic E-state index is -0.415. The average molecular weight is 284 g/mol. The highest BCUT2D eigenvalue weighted by Crippen LogP contribution is 2.19. The quantitative estimate of drug-likeness (QED) is 0.485. The van der Waals surface area contributed by atoms with Gasteiger partial charge in [-0.3, -0.25) is 10.1 Å². The van der Waals surface area contributed by atoms with E-state index in [1.165, 1.54) is 12.1 Å². The summed E-state index contributed by atoms with van der Waals surface area (Å²) in [6.45, 7) is 0.558. The zero-order chi connectivity index (χ0) is 15.1. The molecule has 2 rings (SSSR count). The molecule has 0 radical (unpaired) electrons. The predicted octanol–water partition coefficient (Wildman–Crippen LogP) is 3.17. The fourth-order valence-electron chi connectivity index (χ4n) is 1.89. The molecule has 0 aliphatic carbocycles. The second kappa shape index (κ2) is 7.21. The molecule has 0 saturated carbocycles. The lowest BCUT2D eigenvalue weighted by molar-refractivity contribution is -0.384. The standard InChI is InChI=1S/C16H16N2O3/c19-12-11-17-16-4-2-1-3-14(16)8-5-13-6-9-15(10-7-13)18(20)21/h1-10,17,19H,11-12H2/b8-5+. The van der Waals surface area contributed by atoms with Gasteiger partial charge in [-0.15, -0.1) is 0 Å². The summed E-state index contributed by atoms with van der Waals surface area (Å²) < 4.78 is 0. The van der Waals surface area contributed by atoms with Crippen LogP contribution in [-0.2, 0) is 0 Å². The summed E-state index contributed by atoms with van der Waals surface area (Å²) >= 11 is 0. The maximum Gasteiger partial charge on any atom is 0.269 e. The zero-order valence-electron chi connectivity index (χ0n) is 11.4. The molecule has 0 spiro atoms. The molecule has 0 amide bonds. The molecule has 5 nitrogen and oxygen atoms in total. The van der Waals surface area contributed by atoms with Crippen LogP contribution in [-0.4, -0.2) is 23.2 Å². The smallest absolute Gasteiger partial charge is 0.269 e. The second-order valence-corrected chi connectivity index (χ2v) is 4.42. The summed E-state index contributed by atoms with van der Waals surface area (Å²) in [6, 6.07) is 14.1. The van der Waals surface area contributed by atoms with E-state index in [4.69, 9.17) is 5.11 Å². The number of nitrogens with zero attached hydrogens (tertiary/aromatic N) is 1. The summed E-state index contributed by atoms with van der Waals surface area (Å²) in [5.74, 6) is 0. The summed E-state index contributed by atoms with van der Waals surface area (Å²) in [5, 5.41) is 22.6. The Morgan fingerprint density at radius 2 is 1.81 bits per heavy atom. The lowest BCUT2D eigenvalue weighted by Gasteiger charge is -2.07. The first-order valence-corrected chi connectivity index (χ1v) is 6.57. The molecule has 0 heterocycles. The molecule has 0 bridgehead atoms. The zero-order valence-corrected chi connectivity index (χ0v) is 11.4. The molecule has 0 unspecified atom stereocenters. The Bertz CT molecular complexity index is 636. The minimum absolute atomic E-state index is 0.0698. The van der Waals surface area contributed by atoms with Crippen LogP contribution in [0.25, 0.3) is 12.2 Å². The molecule has 2 aromatic rings. The van der Waals surface area contributed by atoms with Crippen molar-refractivity contribution in [2.24, 2.45) is 0 Å². The first kappa shape index (κ1) is 14.7. The first-order valence-electron chi connectivity index (χ1n) is 6.57. The Labute approximate surface area is 122 Å². The van der Waals surface area contributed by atoms with E-state index < -0.39 is 4.92 Å². The molecule has 0 saturated heterocycles. The molecule has 0 atom stereocenters. The molecule has 0 aliphatic rings. The SMILES string of the molecule is O=[N+]([O-])c1ccc(/C=C/c2ccccc2NCCO)cc1. The fourth-order valence-corrected chi connectivity index (χ4v) is 1.89. The Morgan fingerprint density at radius 3 is 2.48 bits per heavy atom. The van der Waals surface area contributed by atoms with E-state index in [1.54, 1.807) is 12.1 Å².